The van der Waals surface area contributed by atoms with Crippen LogP contribution in [0.15, 0.2) is 42.7 Å². The number of aliphatic hydroxyl groups is 1. The van der Waals surface area contributed by atoms with Crippen molar-refractivity contribution < 1.29 is 19.7 Å². The van der Waals surface area contributed by atoms with Gasteiger partial charge in [-0.15, -0.1) is 0 Å². The molecular weight excluding hydrogens is 260 g/mol. The second-order valence-electron chi connectivity index (χ2n) is 3.87. The van der Waals surface area contributed by atoms with E-state index in [-0.39, 0.29) is 12.6 Å². The van der Waals surface area contributed by atoms with E-state index in [9.17, 15) is 4.79 Å². The van der Waals surface area contributed by atoms with Crippen LogP contribution in [0.2, 0.25) is 0 Å². The molecule has 6 nitrogen and oxygen atoms in total. The van der Waals surface area contributed by atoms with Crippen molar-refractivity contribution in [2.24, 2.45) is 0 Å². The Morgan fingerprint density at radius 1 is 1.20 bits per heavy atom. The average Bonchev–Trinajstić information content (AvgIpc) is 2.47. The van der Waals surface area contributed by atoms with E-state index in [4.69, 9.17) is 14.9 Å². The number of ether oxygens (including phenoxy) is 1. The molecule has 2 N–H and O–H groups in total. The molecule has 2 aromatic rings. The predicted octanol–water partition coefficient (Wildman–Crippen LogP) is 1.86. The lowest BCUT2D eigenvalue weighted by molar-refractivity contribution is -0.131. The van der Waals surface area contributed by atoms with E-state index in [0.717, 1.165) is 11.6 Å². The number of aromatic nitrogens is 2. The Hall–Kier alpha value is -2.73. The summed E-state index contributed by atoms with van der Waals surface area (Å²) in [7, 11) is 0. The number of rotatable bonds is 5. The lowest BCUT2D eigenvalue weighted by Gasteiger charge is -2.04. The van der Waals surface area contributed by atoms with Gasteiger partial charge in [-0.05, 0) is 23.8 Å². The summed E-state index contributed by atoms with van der Waals surface area (Å²) in [5, 5.41) is 17.4. The third-order valence-corrected chi connectivity index (χ3v) is 2.38. The lowest BCUT2D eigenvalue weighted by atomic mass is 10.2. The summed E-state index contributed by atoms with van der Waals surface area (Å²) in [6.45, 7) is -0.0264. The van der Waals surface area contributed by atoms with Gasteiger partial charge in [-0.2, -0.15) is 0 Å². The lowest BCUT2D eigenvalue weighted by Crippen LogP contribution is -1.93. The quantitative estimate of drug-likeness (QED) is 0.807. The van der Waals surface area contributed by atoms with Crippen molar-refractivity contribution in [1.29, 1.82) is 0 Å². The first-order valence-electron chi connectivity index (χ1n) is 5.78. The molecule has 1 aromatic carbocycles. The molecule has 0 radical (unpaired) electrons. The van der Waals surface area contributed by atoms with Crippen LogP contribution in [0.4, 0.5) is 0 Å². The number of aliphatic hydroxyl groups excluding tert-OH is 1. The molecule has 1 heterocycles. The van der Waals surface area contributed by atoms with E-state index in [1.165, 1.54) is 18.5 Å². The van der Waals surface area contributed by atoms with Crippen molar-refractivity contribution in [2.45, 2.75) is 6.61 Å². The second kappa shape index (κ2) is 6.44. The summed E-state index contributed by atoms with van der Waals surface area (Å²) in [6.07, 6.45) is 5.32. The zero-order valence-electron chi connectivity index (χ0n) is 10.4. The van der Waals surface area contributed by atoms with Gasteiger partial charge in [-0.1, -0.05) is 12.1 Å². The molecule has 0 atom stereocenters. The number of carbonyl (C=O) groups is 1. The topological polar surface area (TPSA) is 92.5 Å². The Balaban J connectivity index is 2.04. The summed E-state index contributed by atoms with van der Waals surface area (Å²) in [5.74, 6) is -0.481. The number of hydrogen-bond donors (Lipinski definition) is 2. The maximum atomic E-state index is 10.4. The molecule has 0 saturated carbocycles. The number of hydrogen-bond acceptors (Lipinski definition) is 5. The summed E-state index contributed by atoms with van der Waals surface area (Å²) < 4.78 is 5.41. The van der Waals surface area contributed by atoms with Gasteiger partial charge >= 0.3 is 12.0 Å². The van der Waals surface area contributed by atoms with Gasteiger partial charge in [0.1, 0.15) is 5.75 Å². The standard InChI is InChI=1S/C14H12N2O4/c17-9-10-1-4-12(5-2-10)20-14-15-7-11(8-16-14)3-6-13(18)19/h1-8,17H,9H2,(H,18,19)/b6-3+. The highest BCUT2D eigenvalue weighted by Crippen LogP contribution is 2.18. The minimum Gasteiger partial charge on any atom is -0.478 e. The molecule has 0 spiro atoms. The van der Waals surface area contributed by atoms with Crippen LogP contribution in [0.1, 0.15) is 11.1 Å². The highest BCUT2D eigenvalue weighted by Gasteiger charge is 2.00. The van der Waals surface area contributed by atoms with E-state index in [1.54, 1.807) is 24.3 Å². The molecule has 0 aliphatic heterocycles. The van der Waals surface area contributed by atoms with Crippen molar-refractivity contribution in [3.05, 3.63) is 53.9 Å². The van der Waals surface area contributed by atoms with E-state index in [0.29, 0.717) is 11.3 Å². The van der Waals surface area contributed by atoms with Gasteiger partial charge in [-0.3, -0.25) is 0 Å². The maximum absolute atomic E-state index is 10.4. The van der Waals surface area contributed by atoms with Gasteiger partial charge in [0.05, 0.1) is 6.61 Å². The van der Waals surface area contributed by atoms with Crippen molar-refractivity contribution in [1.82, 2.24) is 9.97 Å². The van der Waals surface area contributed by atoms with Gasteiger partial charge in [0.25, 0.3) is 0 Å². The van der Waals surface area contributed by atoms with E-state index < -0.39 is 5.97 Å². The fraction of sp³-hybridized carbons (Fsp3) is 0.0714. The molecule has 0 bridgehead atoms. The van der Waals surface area contributed by atoms with Gasteiger partial charge in [0.15, 0.2) is 0 Å². The zero-order valence-corrected chi connectivity index (χ0v) is 10.4. The van der Waals surface area contributed by atoms with Crippen LogP contribution in [0.5, 0.6) is 11.8 Å². The first kappa shape index (κ1) is 13.7. The highest BCUT2D eigenvalue weighted by molar-refractivity contribution is 5.85. The average molecular weight is 272 g/mol. The third kappa shape index (κ3) is 3.89. The van der Waals surface area contributed by atoms with Crippen LogP contribution in [0, 0.1) is 0 Å². The molecule has 2 rings (SSSR count). The monoisotopic (exact) mass is 272 g/mol. The van der Waals surface area contributed by atoms with Gasteiger partial charge in [0, 0.05) is 24.0 Å². The van der Waals surface area contributed by atoms with Crippen LogP contribution in [0.25, 0.3) is 6.08 Å². The van der Waals surface area contributed by atoms with Crippen LogP contribution in [-0.2, 0) is 11.4 Å². The minimum absolute atomic E-state index is 0.0264. The minimum atomic E-state index is -1.03. The van der Waals surface area contributed by atoms with Gasteiger partial charge in [0.2, 0.25) is 0 Å². The van der Waals surface area contributed by atoms with Crippen molar-refractivity contribution in [2.75, 3.05) is 0 Å². The van der Waals surface area contributed by atoms with Crippen LogP contribution in [0.3, 0.4) is 0 Å². The Morgan fingerprint density at radius 2 is 1.85 bits per heavy atom. The molecule has 0 unspecified atom stereocenters. The first-order chi connectivity index (χ1) is 9.67. The van der Waals surface area contributed by atoms with Crippen molar-refractivity contribution >= 4 is 12.0 Å². The summed E-state index contributed by atoms with van der Waals surface area (Å²) in [5.41, 5.74) is 1.35. The molecule has 6 heteroatoms. The predicted molar refractivity (Wildman–Crippen MR) is 71.1 cm³/mol. The van der Waals surface area contributed by atoms with Gasteiger partial charge < -0.3 is 14.9 Å². The molecule has 1 aromatic heterocycles. The number of carboxylic acids is 1. The van der Waals surface area contributed by atoms with E-state index in [2.05, 4.69) is 9.97 Å². The Bertz CT molecular complexity index is 606. The fourth-order valence-electron chi connectivity index (χ4n) is 1.40. The Labute approximate surface area is 115 Å². The normalized spacial score (nSPS) is 10.7. The summed E-state index contributed by atoms with van der Waals surface area (Å²) >= 11 is 0. The molecule has 0 aliphatic carbocycles. The Morgan fingerprint density at radius 3 is 2.40 bits per heavy atom. The fourth-order valence-corrected chi connectivity index (χ4v) is 1.40. The molecule has 0 aliphatic rings. The third-order valence-electron chi connectivity index (χ3n) is 2.38. The molecule has 0 amide bonds. The van der Waals surface area contributed by atoms with Crippen LogP contribution in [-0.4, -0.2) is 26.2 Å². The zero-order chi connectivity index (χ0) is 14.4. The molecule has 102 valence electrons. The largest absolute Gasteiger partial charge is 0.478 e. The van der Waals surface area contributed by atoms with Crippen LogP contribution < -0.4 is 4.74 Å². The molecular formula is C14H12N2O4. The summed E-state index contributed by atoms with van der Waals surface area (Å²) in [6, 6.07) is 7.04. The number of carboxylic acid groups (broad SMARTS) is 1. The highest BCUT2D eigenvalue weighted by atomic mass is 16.5. The second-order valence-corrected chi connectivity index (χ2v) is 3.87. The maximum Gasteiger partial charge on any atom is 0.328 e. The van der Waals surface area contributed by atoms with Gasteiger partial charge in [-0.25, -0.2) is 14.8 Å². The molecule has 0 saturated heterocycles. The summed E-state index contributed by atoms with van der Waals surface area (Å²) in [4.78, 5) is 18.3. The van der Waals surface area contributed by atoms with E-state index >= 15 is 0 Å². The van der Waals surface area contributed by atoms with Crippen molar-refractivity contribution in [3.63, 3.8) is 0 Å². The van der Waals surface area contributed by atoms with E-state index in [1.807, 2.05) is 0 Å². The SMILES string of the molecule is O=C(O)/C=C/c1cnc(Oc2ccc(CO)cc2)nc1. The van der Waals surface area contributed by atoms with Crippen LogP contribution >= 0.6 is 0 Å². The van der Waals surface area contributed by atoms with Crippen molar-refractivity contribution in [3.8, 4) is 11.8 Å². The first-order valence-corrected chi connectivity index (χ1v) is 5.78. The smallest absolute Gasteiger partial charge is 0.328 e. The molecule has 0 fully saturated rings. The Kier molecular flexibility index (Phi) is 4.41. The number of nitrogens with zero attached hydrogens (tertiary/aromatic N) is 2. The number of benzene rings is 1. The number of aliphatic carboxylic acids is 1. The molecule has 20 heavy (non-hydrogen) atoms.